The van der Waals surface area contributed by atoms with Crippen molar-refractivity contribution in [1.29, 1.82) is 0 Å². The van der Waals surface area contributed by atoms with Crippen molar-refractivity contribution in [3.63, 3.8) is 0 Å². The summed E-state index contributed by atoms with van der Waals surface area (Å²) in [5, 5.41) is 6.35. The van der Waals surface area contributed by atoms with E-state index in [0.29, 0.717) is 12.6 Å². The van der Waals surface area contributed by atoms with Crippen molar-refractivity contribution in [3.8, 4) is 12.3 Å². The van der Waals surface area contributed by atoms with Crippen molar-refractivity contribution < 1.29 is 0 Å². The predicted octanol–water partition coefficient (Wildman–Crippen LogP) is 2.37. The van der Waals surface area contributed by atoms with Gasteiger partial charge in [0, 0.05) is 13.1 Å². The van der Waals surface area contributed by atoms with Gasteiger partial charge in [-0.25, -0.2) is 0 Å². The molecule has 0 saturated heterocycles. The van der Waals surface area contributed by atoms with Crippen molar-refractivity contribution in [3.05, 3.63) is 0 Å². The van der Waals surface area contributed by atoms with Crippen LogP contribution in [0.25, 0.3) is 0 Å². The van der Waals surface area contributed by atoms with E-state index < -0.39 is 0 Å². The van der Waals surface area contributed by atoms with Gasteiger partial charge in [0.1, 0.15) is 0 Å². The molecule has 0 aliphatic rings. The molecule has 0 rings (SSSR count). The maximum Gasteiger partial charge on any atom is 0.191 e. The average molecular weight is 337 g/mol. The molecule has 4 heteroatoms. The fraction of sp³-hybridized carbons (Fsp3) is 0.750. The molecule has 16 heavy (non-hydrogen) atoms. The molecule has 1 unspecified atom stereocenters. The SMILES string of the molecule is C#CCNC(=NC)NC(C)CCCCC.I. The molecule has 0 radical (unpaired) electrons. The summed E-state index contributed by atoms with van der Waals surface area (Å²) in [6.07, 6.45) is 10.2. The van der Waals surface area contributed by atoms with Crippen LogP contribution in [0.15, 0.2) is 4.99 Å². The van der Waals surface area contributed by atoms with Crippen molar-refractivity contribution in [2.45, 2.75) is 45.6 Å². The van der Waals surface area contributed by atoms with Gasteiger partial charge in [-0.2, -0.15) is 0 Å². The number of hydrogen-bond acceptors (Lipinski definition) is 1. The normalized spacial score (nSPS) is 12.2. The van der Waals surface area contributed by atoms with Gasteiger partial charge in [-0.05, 0) is 13.3 Å². The van der Waals surface area contributed by atoms with E-state index in [1.165, 1.54) is 25.7 Å². The lowest BCUT2D eigenvalue weighted by atomic mass is 10.1. The summed E-state index contributed by atoms with van der Waals surface area (Å²) >= 11 is 0. The Morgan fingerprint density at radius 2 is 2.12 bits per heavy atom. The molecular formula is C12H24IN3. The highest BCUT2D eigenvalue weighted by Crippen LogP contribution is 2.02. The largest absolute Gasteiger partial charge is 0.354 e. The molecule has 0 saturated carbocycles. The minimum Gasteiger partial charge on any atom is -0.354 e. The summed E-state index contributed by atoms with van der Waals surface area (Å²) in [5.41, 5.74) is 0. The van der Waals surface area contributed by atoms with Crippen LogP contribution in [0.3, 0.4) is 0 Å². The fourth-order valence-electron chi connectivity index (χ4n) is 1.34. The zero-order valence-electron chi connectivity index (χ0n) is 10.5. The second kappa shape index (κ2) is 12.6. The van der Waals surface area contributed by atoms with Gasteiger partial charge in [0.05, 0.1) is 6.54 Å². The van der Waals surface area contributed by atoms with E-state index in [0.717, 1.165) is 5.96 Å². The van der Waals surface area contributed by atoms with Crippen LogP contribution in [-0.4, -0.2) is 25.6 Å². The van der Waals surface area contributed by atoms with E-state index in [9.17, 15) is 0 Å². The zero-order valence-corrected chi connectivity index (χ0v) is 12.9. The monoisotopic (exact) mass is 337 g/mol. The highest BCUT2D eigenvalue weighted by Gasteiger charge is 2.03. The molecule has 3 nitrogen and oxygen atoms in total. The van der Waals surface area contributed by atoms with Crippen molar-refractivity contribution in [2.24, 2.45) is 4.99 Å². The molecule has 94 valence electrons. The summed E-state index contributed by atoms with van der Waals surface area (Å²) in [5.74, 6) is 3.31. The van der Waals surface area contributed by atoms with Gasteiger partial charge in [-0.1, -0.05) is 32.1 Å². The number of guanidine groups is 1. The van der Waals surface area contributed by atoms with Gasteiger partial charge in [-0.15, -0.1) is 30.4 Å². The topological polar surface area (TPSA) is 36.4 Å². The summed E-state index contributed by atoms with van der Waals surface area (Å²) in [6, 6.07) is 0.445. The van der Waals surface area contributed by atoms with Crippen molar-refractivity contribution in [1.82, 2.24) is 10.6 Å². The van der Waals surface area contributed by atoms with Crippen LogP contribution in [0.4, 0.5) is 0 Å². The number of aliphatic imine (C=N–C) groups is 1. The summed E-state index contributed by atoms with van der Waals surface area (Å²) in [6.45, 7) is 4.89. The van der Waals surface area contributed by atoms with Crippen LogP contribution < -0.4 is 10.6 Å². The number of rotatable bonds is 6. The third-order valence-electron chi connectivity index (χ3n) is 2.21. The van der Waals surface area contributed by atoms with Gasteiger partial charge < -0.3 is 10.6 Å². The van der Waals surface area contributed by atoms with Crippen LogP contribution in [0.2, 0.25) is 0 Å². The highest BCUT2D eigenvalue weighted by atomic mass is 127. The molecule has 0 spiro atoms. The first-order valence-corrected chi connectivity index (χ1v) is 5.65. The molecule has 0 bridgehead atoms. The van der Waals surface area contributed by atoms with E-state index in [1.54, 1.807) is 7.05 Å². The van der Waals surface area contributed by atoms with Crippen LogP contribution in [0.1, 0.15) is 39.5 Å². The Morgan fingerprint density at radius 1 is 1.44 bits per heavy atom. The number of nitrogens with one attached hydrogen (secondary N) is 2. The van der Waals surface area contributed by atoms with E-state index in [-0.39, 0.29) is 24.0 Å². The predicted molar refractivity (Wildman–Crippen MR) is 82.3 cm³/mol. The third-order valence-corrected chi connectivity index (χ3v) is 2.21. The Morgan fingerprint density at radius 3 is 2.62 bits per heavy atom. The maximum absolute atomic E-state index is 5.17. The molecular weight excluding hydrogens is 313 g/mol. The molecule has 0 heterocycles. The minimum absolute atomic E-state index is 0. The third kappa shape index (κ3) is 10.1. The summed E-state index contributed by atoms with van der Waals surface area (Å²) < 4.78 is 0. The summed E-state index contributed by atoms with van der Waals surface area (Å²) in [7, 11) is 1.75. The molecule has 0 amide bonds. The second-order valence-electron chi connectivity index (χ2n) is 3.67. The zero-order chi connectivity index (χ0) is 11.5. The van der Waals surface area contributed by atoms with Gasteiger partial charge in [0.15, 0.2) is 5.96 Å². The molecule has 0 fully saturated rings. The van der Waals surface area contributed by atoms with Gasteiger partial charge >= 0.3 is 0 Å². The lowest BCUT2D eigenvalue weighted by molar-refractivity contribution is 0.548. The molecule has 0 aromatic heterocycles. The number of hydrogen-bond donors (Lipinski definition) is 2. The first-order valence-electron chi connectivity index (χ1n) is 5.65. The number of unbranched alkanes of at least 4 members (excludes halogenated alkanes) is 2. The van der Waals surface area contributed by atoms with E-state index >= 15 is 0 Å². The Labute approximate surface area is 117 Å². The second-order valence-corrected chi connectivity index (χ2v) is 3.67. The highest BCUT2D eigenvalue weighted by molar-refractivity contribution is 14.0. The Balaban J connectivity index is 0. The number of terminal acetylenes is 1. The molecule has 0 aliphatic heterocycles. The van der Waals surface area contributed by atoms with E-state index in [4.69, 9.17) is 6.42 Å². The van der Waals surface area contributed by atoms with E-state index in [1.807, 2.05) is 0 Å². The van der Waals surface area contributed by atoms with Crippen molar-refractivity contribution >= 4 is 29.9 Å². The average Bonchev–Trinajstić information content (AvgIpc) is 2.24. The van der Waals surface area contributed by atoms with Gasteiger partial charge in [-0.3, -0.25) is 4.99 Å². The fourth-order valence-corrected chi connectivity index (χ4v) is 1.34. The molecule has 0 aromatic carbocycles. The Hall–Kier alpha value is -0.440. The molecule has 1 atom stereocenters. The quantitative estimate of drug-likeness (QED) is 0.257. The molecule has 0 aromatic rings. The van der Waals surface area contributed by atoms with Gasteiger partial charge in [0.25, 0.3) is 0 Å². The molecule has 2 N–H and O–H groups in total. The standard InChI is InChI=1S/C12H23N3.HI/c1-5-7-8-9-11(3)15-12(13-4)14-10-6-2;/h2,11H,5,7-10H2,1,3-4H3,(H2,13,14,15);1H. The maximum atomic E-state index is 5.17. The lowest BCUT2D eigenvalue weighted by Crippen LogP contribution is -2.42. The van der Waals surface area contributed by atoms with Crippen LogP contribution in [0.5, 0.6) is 0 Å². The van der Waals surface area contributed by atoms with Crippen LogP contribution >= 0.6 is 24.0 Å². The smallest absolute Gasteiger partial charge is 0.191 e. The Kier molecular flexibility index (Phi) is 14.2. The number of nitrogens with zero attached hydrogens (tertiary/aromatic N) is 1. The first-order chi connectivity index (χ1) is 7.24. The molecule has 0 aliphatic carbocycles. The number of halogens is 1. The lowest BCUT2D eigenvalue weighted by Gasteiger charge is -2.16. The van der Waals surface area contributed by atoms with Crippen LogP contribution in [-0.2, 0) is 0 Å². The van der Waals surface area contributed by atoms with Crippen molar-refractivity contribution in [2.75, 3.05) is 13.6 Å². The minimum atomic E-state index is 0. The first kappa shape index (κ1) is 17.9. The van der Waals surface area contributed by atoms with Gasteiger partial charge in [0.2, 0.25) is 0 Å². The summed E-state index contributed by atoms with van der Waals surface area (Å²) in [4.78, 5) is 4.09. The van der Waals surface area contributed by atoms with Crippen LogP contribution in [0, 0.1) is 12.3 Å². The Bertz CT molecular complexity index is 221. The van der Waals surface area contributed by atoms with E-state index in [2.05, 4.69) is 35.4 Å².